The van der Waals surface area contributed by atoms with Crippen molar-refractivity contribution in [3.8, 4) is 5.75 Å². The Morgan fingerprint density at radius 1 is 1.29 bits per heavy atom. The molecule has 0 radical (unpaired) electrons. The maximum Gasteiger partial charge on any atom is 0.124 e. The molecule has 3 heteroatoms. The van der Waals surface area contributed by atoms with Crippen molar-refractivity contribution in [2.75, 3.05) is 37.7 Å². The molecule has 2 heterocycles. The molecule has 1 atom stereocenters. The van der Waals surface area contributed by atoms with E-state index in [0.717, 1.165) is 45.0 Å². The van der Waals surface area contributed by atoms with E-state index in [1.165, 1.54) is 11.3 Å². The molecule has 2 aliphatic rings. The van der Waals surface area contributed by atoms with E-state index in [2.05, 4.69) is 35.3 Å². The van der Waals surface area contributed by atoms with Crippen LogP contribution in [0.4, 0.5) is 5.69 Å². The van der Waals surface area contributed by atoms with Crippen LogP contribution in [0.25, 0.3) is 0 Å². The third-order valence-electron chi connectivity index (χ3n) is 3.82. The highest BCUT2D eigenvalue weighted by Crippen LogP contribution is 2.36. The van der Waals surface area contributed by atoms with Crippen LogP contribution in [0.2, 0.25) is 0 Å². The number of nitrogens with one attached hydrogen (secondary N) is 1. The Hall–Kier alpha value is -1.22. The minimum atomic E-state index is 0.635. The summed E-state index contributed by atoms with van der Waals surface area (Å²) in [5, 5.41) is 3.38. The minimum absolute atomic E-state index is 0.635. The Kier molecular flexibility index (Phi) is 2.93. The first kappa shape index (κ1) is 10.9. The van der Waals surface area contributed by atoms with Gasteiger partial charge < -0.3 is 15.0 Å². The van der Waals surface area contributed by atoms with Crippen LogP contribution >= 0.6 is 0 Å². The number of benzene rings is 1. The van der Waals surface area contributed by atoms with Gasteiger partial charge in [-0.05, 0) is 24.0 Å². The predicted octanol–water partition coefficient (Wildman–Crippen LogP) is 1.98. The van der Waals surface area contributed by atoms with E-state index in [1.54, 1.807) is 0 Å². The summed E-state index contributed by atoms with van der Waals surface area (Å²) < 4.78 is 5.78. The van der Waals surface area contributed by atoms with Gasteiger partial charge in [0, 0.05) is 37.9 Å². The van der Waals surface area contributed by atoms with E-state index in [0.29, 0.717) is 5.92 Å². The zero-order chi connectivity index (χ0) is 11.7. The summed E-state index contributed by atoms with van der Waals surface area (Å²) in [6, 6.07) is 6.71. The normalized spacial score (nSPS) is 24.1. The van der Waals surface area contributed by atoms with Gasteiger partial charge in [-0.25, -0.2) is 0 Å². The monoisotopic (exact) mass is 232 g/mol. The summed E-state index contributed by atoms with van der Waals surface area (Å²) in [5.74, 6) is 1.73. The maximum atomic E-state index is 5.78. The second-order valence-corrected chi connectivity index (χ2v) is 5.00. The van der Waals surface area contributed by atoms with Crippen LogP contribution in [0, 0.1) is 0 Å². The lowest BCUT2D eigenvalue weighted by molar-refractivity contribution is 0.272. The fraction of sp³-hybridized carbons (Fsp3) is 0.571. The molecule has 0 unspecified atom stereocenters. The summed E-state index contributed by atoms with van der Waals surface area (Å²) in [6.45, 7) is 7.48. The molecule has 0 aromatic heterocycles. The highest BCUT2D eigenvalue weighted by Gasteiger charge is 2.19. The third-order valence-corrected chi connectivity index (χ3v) is 3.82. The van der Waals surface area contributed by atoms with Gasteiger partial charge in [0.25, 0.3) is 0 Å². The lowest BCUT2D eigenvalue weighted by Crippen LogP contribution is -2.43. The van der Waals surface area contributed by atoms with Crippen molar-refractivity contribution >= 4 is 5.69 Å². The highest BCUT2D eigenvalue weighted by atomic mass is 16.5. The predicted molar refractivity (Wildman–Crippen MR) is 70.1 cm³/mol. The molecule has 0 saturated carbocycles. The van der Waals surface area contributed by atoms with Crippen molar-refractivity contribution in [1.82, 2.24) is 5.32 Å². The van der Waals surface area contributed by atoms with Crippen LogP contribution in [0.1, 0.15) is 24.8 Å². The van der Waals surface area contributed by atoms with E-state index in [-0.39, 0.29) is 0 Å². The van der Waals surface area contributed by atoms with Crippen LogP contribution in [0.15, 0.2) is 18.2 Å². The van der Waals surface area contributed by atoms with Gasteiger partial charge in [0.2, 0.25) is 0 Å². The Labute approximate surface area is 103 Å². The lowest BCUT2D eigenvalue weighted by atomic mass is 9.95. The molecule has 3 rings (SSSR count). The molecular formula is C14H20N2O. The lowest BCUT2D eigenvalue weighted by Gasteiger charge is -2.31. The van der Waals surface area contributed by atoms with Crippen LogP contribution in [0.3, 0.4) is 0 Å². The van der Waals surface area contributed by atoms with Gasteiger partial charge in [-0.1, -0.05) is 13.0 Å². The number of fused-ring (bicyclic) bond motifs is 1. The summed E-state index contributed by atoms with van der Waals surface area (Å²) in [6.07, 6.45) is 1.14. The summed E-state index contributed by atoms with van der Waals surface area (Å²) in [7, 11) is 0. The van der Waals surface area contributed by atoms with Crippen molar-refractivity contribution in [3.63, 3.8) is 0 Å². The number of piperazine rings is 1. The average Bonchev–Trinajstić information content (AvgIpc) is 2.40. The molecule has 17 heavy (non-hydrogen) atoms. The van der Waals surface area contributed by atoms with Gasteiger partial charge in [-0.2, -0.15) is 0 Å². The molecule has 1 aromatic rings. The van der Waals surface area contributed by atoms with E-state index >= 15 is 0 Å². The zero-order valence-electron chi connectivity index (χ0n) is 10.4. The number of hydrogen-bond donors (Lipinski definition) is 1. The zero-order valence-corrected chi connectivity index (χ0v) is 10.4. The Bertz CT molecular complexity index is 399. The second kappa shape index (κ2) is 4.57. The fourth-order valence-electron chi connectivity index (χ4n) is 2.68. The van der Waals surface area contributed by atoms with E-state index in [1.807, 2.05) is 0 Å². The van der Waals surface area contributed by atoms with Crippen LogP contribution < -0.4 is 15.0 Å². The van der Waals surface area contributed by atoms with E-state index < -0.39 is 0 Å². The maximum absolute atomic E-state index is 5.78. The summed E-state index contributed by atoms with van der Waals surface area (Å²) in [5.41, 5.74) is 2.68. The number of ether oxygens (including phenoxy) is 1. The van der Waals surface area contributed by atoms with Gasteiger partial charge >= 0.3 is 0 Å². The van der Waals surface area contributed by atoms with Gasteiger partial charge in [0.05, 0.1) is 6.61 Å². The molecule has 1 saturated heterocycles. The first-order valence-corrected chi connectivity index (χ1v) is 6.57. The molecule has 0 amide bonds. The molecule has 0 spiro atoms. The number of nitrogens with zero attached hydrogens (tertiary/aromatic N) is 1. The fourth-order valence-corrected chi connectivity index (χ4v) is 2.68. The van der Waals surface area contributed by atoms with Gasteiger partial charge in [0.1, 0.15) is 5.75 Å². The third kappa shape index (κ3) is 2.12. The number of hydrogen-bond acceptors (Lipinski definition) is 3. The van der Waals surface area contributed by atoms with Crippen molar-refractivity contribution in [2.45, 2.75) is 19.3 Å². The van der Waals surface area contributed by atoms with Crippen molar-refractivity contribution < 1.29 is 4.74 Å². The molecule has 1 aromatic carbocycles. The van der Waals surface area contributed by atoms with Gasteiger partial charge in [-0.3, -0.25) is 0 Å². The molecule has 0 aliphatic carbocycles. The van der Waals surface area contributed by atoms with E-state index in [9.17, 15) is 0 Å². The van der Waals surface area contributed by atoms with Gasteiger partial charge in [-0.15, -0.1) is 0 Å². The van der Waals surface area contributed by atoms with Crippen LogP contribution in [-0.4, -0.2) is 32.8 Å². The molecule has 1 fully saturated rings. The molecule has 3 nitrogen and oxygen atoms in total. The minimum Gasteiger partial charge on any atom is -0.493 e. The Balaban J connectivity index is 1.86. The number of anilines is 1. The van der Waals surface area contributed by atoms with Crippen LogP contribution in [-0.2, 0) is 0 Å². The molecule has 1 N–H and O–H groups in total. The van der Waals surface area contributed by atoms with E-state index in [4.69, 9.17) is 4.74 Å². The van der Waals surface area contributed by atoms with Crippen molar-refractivity contribution in [2.24, 2.45) is 0 Å². The smallest absolute Gasteiger partial charge is 0.124 e. The van der Waals surface area contributed by atoms with Crippen molar-refractivity contribution in [1.29, 1.82) is 0 Å². The molecular weight excluding hydrogens is 212 g/mol. The largest absolute Gasteiger partial charge is 0.493 e. The Morgan fingerprint density at radius 3 is 2.94 bits per heavy atom. The topological polar surface area (TPSA) is 24.5 Å². The standard InChI is InChI=1S/C14H20N2O/c1-11-4-9-17-14-10-12(2-3-13(11)14)16-7-5-15-6-8-16/h2-3,10-11,15H,4-9H2,1H3/t11-/m0/s1. The molecule has 92 valence electrons. The van der Waals surface area contributed by atoms with Crippen molar-refractivity contribution in [3.05, 3.63) is 23.8 Å². The first-order chi connectivity index (χ1) is 8.34. The second-order valence-electron chi connectivity index (χ2n) is 5.00. The van der Waals surface area contributed by atoms with Gasteiger partial charge in [0.15, 0.2) is 0 Å². The van der Waals surface area contributed by atoms with Crippen LogP contribution in [0.5, 0.6) is 5.75 Å². The first-order valence-electron chi connectivity index (χ1n) is 6.57. The quantitative estimate of drug-likeness (QED) is 0.801. The average molecular weight is 232 g/mol. The Morgan fingerprint density at radius 2 is 2.12 bits per heavy atom. The summed E-state index contributed by atoms with van der Waals surface area (Å²) in [4.78, 5) is 2.43. The highest BCUT2D eigenvalue weighted by molar-refractivity contribution is 5.55. The SMILES string of the molecule is C[C@H]1CCOc2cc(N3CCNCC3)ccc21. The summed E-state index contributed by atoms with van der Waals surface area (Å²) >= 11 is 0. The molecule has 0 bridgehead atoms. The molecule has 2 aliphatic heterocycles. The number of rotatable bonds is 1.